The fourth-order valence-corrected chi connectivity index (χ4v) is 8.41. The smallest absolute Gasteiger partial charge is 0.133 e. The highest BCUT2D eigenvalue weighted by molar-refractivity contribution is 5.80. The number of Topliss-reactive ketones (excluding diaryl/α,β-unsaturated/α-hetero) is 1. The summed E-state index contributed by atoms with van der Waals surface area (Å²) in [6.07, 6.45) is 13.2. The highest BCUT2D eigenvalue weighted by Crippen LogP contribution is 2.68. The Morgan fingerprint density at radius 2 is 1.79 bits per heavy atom. The lowest BCUT2D eigenvalue weighted by molar-refractivity contribution is -0.152. The standard InChI is InChI=1S/C23H38O/c1-5-6-16-8-10-20-19-9-7-17-14-18(24)13-15(2)23(17,4)21(19)11-12-22(16,20)3/h15-17,19-21H,5-14H2,1-4H3/t15?,16-,17?,19+,20+,21+,22-,23+/m1/s1. The molecule has 4 fully saturated rings. The molecule has 4 rings (SSSR count). The minimum Gasteiger partial charge on any atom is -0.300 e. The van der Waals surface area contributed by atoms with Crippen molar-refractivity contribution < 1.29 is 4.79 Å². The Morgan fingerprint density at radius 1 is 1.00 bits per heavy atom. The molecule has 0 aromatic rings. The molecule has 24 heavy (non-hydrogen) atoms. The van der Waals surface area contributed by atoms with Crippen LogP contribution in [0, 0.1) is 46.3 Å². The second-order valence-electron chi connectivity index (χ2n) is 10.5. The van der Waals surface area contributed by atoms with E-state index in [2.05, 4.69) is 27.7 Å². The monoisotopic (exact) mass is 330 g/mol. The lowest BCUT2D eigenvalue weighted by Crippen LogP contribution is -2.56. The van der Waals surface area contributed by atoms with Crippen LogP contribution in [0.2, 0.25) is 0 Å². The Hall–Kier alpha value is -0.330. The fraction of sp³-hybridized carbons (Fsp3) is 0.957. The Labute approximate surface area is 149 Å². The van der Waals surface area contributed by atoms with Crippen molar-refractivity contribution in [2.75, 3.05) is 0 Å². The molecule has 4 aliphatic carbocycles. The number of fused-ring (bicyclic) bond motifs is 5. The third-order valence-corrected chi connectivity index (χ3v) is 9.87. The van der Waals surface area contributed by atoms with Crippen LogP contribution in [0.3, 0.4) is 0 Å². The van der Waals surface area contributed by atoms with Crippen LogP contribution in [0.4, 0.5) is 0 Å². The van der Waals surface area contributed by atoms with Crippen molar-refractivity contribution in [3.63, 3.8) is 0 Å². The molecule has 0 bridgehead atoms. The summed E-state index contributed by atoms with van der Waals surface area (Å²) in [6.45, 7) is 10.0. The van der Waals surface area contributed by atoms with E-state index in [0.29, 0.717) is 28.4 Å². The SMILES string of the molecule is CCC[C@@H]1CC[C@H]2[C@@H]3CCC4CC(=O)CC(C)[C@]4(C)[C@H]3CC[C@]12C. The predicted octanol–water partition coefficient (Wildman–Crippen LogP) is 6.26. The summed E-state index contributed by atoms with van der Waals surface area (Å²) >= 11 is 0. The molecule has 1 heteroatoms. The van der Waals surface area contributed by atoms with Gasteiger partial charge in [0.05, 0.1) is 0 Å². The quantitative estimate of drug-likeness (QED) is 0.584. The lowest BCUT2D eigenvalue weighted by Gasteiger charge is -2.62. The Morgan fingerprint density at radius 3 is 2.54 bits per heavy atom. The molecule has 2 unspecified atom stereocenters. The molecule has 0 amide bonds. The van der Waals surface area contributed by atoms with Crippen molar-refractivity contribution in [1.29, 1.82) is 0 Å². The van der Waals surface area contributed by atoms with Gasteiger partial charge >= 0.3 is 0 Å². The molecular formula is C23H38O. The highest BCUT2D eigenvalue weighted by atomic mass is 16.1. The molecule has 0 aromatic carbocycles. The van der Waals surface area contributed by atoms with Crippen LogP contribution >= 0.6 is 0 Å². The Balaban J connectivity index is 1.62. The second kappa shape index (κ2) is 5.85. The van der Waals surface area contributed by atoms with Crippen LogP contribution in [0.1, 0.15) is 91.9 Å². The van der Waals surface area contributed by atoms with Gasteiger partial charge in [-0.15, -0.1) is 0 Å². The van der Waals surface area contributed by atoms with Crippen molar-refractivity contribution >= 4 is 5.78 Å². The first-order chi connectivity index (χ1) is 11.4. The van der Waals surface area contributed by atoms with E-state index < -0.39 is 0 Å². The summed E-state index contributed by atoms with van der Waals surface area (Å²) in [5, 5.41) is 0. The average Bonchev–Trinajstić information content (AvgIpc) is 2.86. The first-order valence-electron chi connectivity index (χ1n) is 10.9. The van der Waals surface area contributed by atoms with Crippen LogP contribution < -0.4 is 0 Å². The minimum absolute atomic E-state index is 0.445. The molecule has 1 nitrogen and oxygen atoms in total. The lowest BCUT2D eigenvalue weighted by atomic mass is 9.42. The molecule has 4 saturated carbocycles. The van der Waals surface area contributed by atoms with Crippen LogP contribution in [-0.2, 0) is 4.79 Å². The zero-order valence-electron chi connectivity index (χ0n) is 16.4. The zero-order chi connectivity index (χ0) is 17.1. The number of carbonyl (C=O) groups is 1. The second-order valence-corrected chi connectivity index (χ2v) is 10.5. The van der Waals surface area contributed by atoms with Gasteiger partial charge in [-0.1, -0.05) is 40.5 Å². The average molecular weight is 331 g/mol. The van der Waals surface area contributed by atoms with E-state index in [1.165, 1.54) is 51.4 Å². The van der Waals surface area contributed by atoms with Crippen LogP contribution in [0.25, 0.3) is 0 Å². The van der Waals surface area contributed by atoms with Gasteiger partial charge in [-0.3, -0.25) is 4.79 Å². The van der Waals surface area contributed by atoms with Gasteiger partial charge in [-0.25, -0.2) is 0 Å². The largest absolute Gasteiger partial charge is 0.300 e. The Kier molecular flexibility index (Phi) is 4.17. The van der Waals surface area contributed by atoms with E-state index in [4.69, 9.17) is 0 Å². The fourth-order valence-electron chi connectivity index (χ4n) is 8.41. The number of hydrogen-bond donors (Lipinski definition) is 0. The molecule has 0 aliphatic heterocycles. The van der Waals surface area contributed by atoms with Gasteiger partial charge in [-0.2, -0.15) is 0 Å². The molecular weight excluding hydrogens is 292 g/mol. The summed E-state index contributed by atoms with van der Waals surface area (Å²) < 4.78 is 0. The first-order valence-corrected chi connectivity index (χ1v) is 10.9. The van der Waals surface area contributed by atoms with E-state index in [1.54, 1.807) is 0 Å². The zero-order valence-corrected chi connectivity index (χ0v) is 16.4. The summed E-state index contributed by atoms with van der Waals surface area (Å²) in [5.41, 5.74) is 1.08. The summed E-state index contributed by atoms with van der Waals surface area (Å²) in [6, 6.07) is 0. The third kappa shape index (κ3) is 2.21. The molecule has 4 aliphatic rings. The Bertz CT molecular complexity index is 510. The minimum atomic E-state index is 0.445. The predicted molar refractivity (Wildman–Crippen MR) is 99.7 cm³/mol. The van der Waals surface area contributed by atoms with E-state index in [-0.39, 0.29) is 0 Å². The van der Waals surface area contributed by atoms with E-state index in [1.807, 2.05) is 0 Å². The van der Waals surface area contributed by atoms with Gasteiger partial charge in [-0.05, 0) is 84.9 Å². The molecule has 0 aromatic heterocycles. The van der Waals surface area contributed by atoms with Crippen molar-refractivity contribution in [3.05, 3.63) is 0 Å². The summed E-state index contributed by atoms with van der Waals surface area (Å²) in [5.74, 6) is 5.67. The maximum absolute atomic E-state index is 12.2. The van der Waals surface area contributed by atoms with Gasteiger partial charge in [0.25, 0.3) is 0 Å². The normalized spacial score (nSPS) is 54.1. The van der Waals surface area contributed by atoms with Crippen molar-refractivity contribution in [1.82, 2.24) is 0 Å². The molecule has 136 valence electrons. The van der Waals surface area contributed by atoms with E-state index in [0.717, 1.165) is 36.5 Å². The van der Waals surface area contributed by atoms with Crippen LogP contribution in [-0.4, -0.2) is 5.78 Å². The van der Waals surface area contributed by atoms with Gasteiger partial charge in [0.2, 0.25) is 0 Å². The molecule has 0 saturated heterocycles. The number of carbonyl (C=O) groups excluding carboxylic acids is 1. The first kappa shape index (κ1) is 17.1. The molecule has 0 N–H and O–H groups in total. The maximum Gasteiger partial charge on any atom is 0.133 e. The highest BCUT2D eigenvalue weighted by Gasteiger charge is 2.61. The van der Waals surface area contributed by atoms with Crippen molar-refractivity contribution in [2.24, 2.45) is 46.3 Å². The maximum atomic E-state index is 12.2. The topological polar surface area (TPSA) is 17.1 Å². The number of hydrogen-bond acceptors (Lipinski definition) is 1. The number of rotatable bonds is 2. The van der Waals surface area contributed by atoms with Crippen LogP contribution in [0.15, 0.2) is 0 Å². The van der Waals surface area contributed by atoms with Crippen molar-refractivity contribution in [2.45, 2.75) is 91.9 Å². The summed E-state index contributed by atoms with van der Waals surface area (Å²) in [4.78, 5) is 12.2. The van der Waals surface area contributed by atoms with Gasteiger partial charge < -0.3 is 0 Å². The van der Waals surface area contributed by atoms with E-state index in [9.17, 15) is 4.79 Å². The molecule has 0 spiro atoms. The molecule has 0 heterocycles. The molecule has 8 atom stereocenters. The third-order valence-electron chi connectivity index (χ3n) is 9.87. The van der Waals surface area contributed by atoms with Crippen molar-refractivity contribution in [3.8, 4) is 0 Å². The van der Waals surface area contributed by atoms with Gasteiger partial charge in [0.1, 0.15) is 5.78 Å². The van der Waals surface area contributed by atoms with Gasteiger partial charge in [0, 0.05) is 12.8 Å². The summed E-state index contributed by atoms with van der Waals surface area (Å²) in [7, 11) is 0. The van der Waals surface area contributed by atoms with E-state index >= 15 is 0 Å². The molecule has 0 radical (unpaired) electrons. The number of ketones is 1. The van der Waals surface area contributed by atoms with Crippen LogP contribution in [0.5, 0.6) is 0 Å². The van der Waals surface area contributed by atoms with Gasteiger partial charge in [0.15, 0.2) is 0 Å².